The Hall–Kier alpha value is -7.92. The van der Waals surface area contributed by atoms with Gasteiger partial charge in [-0.15, -0.1) is 12.4 Å². The van der Waals surface area contributed by atoms with Gasteiger partial charge in [-0.05, 0) is 111 Å². The van der Waals surface area contributed by atoms with Crippen molar-refractivity contribution in [3.8, 4) is 33.4 Å². The molecule has 3 N–H and O–H groups in total. The van der Waals surface area contributed by atoms with Gasteiger partial charge in [0, 0.05) is 17.8 Å². The molecule has 10 rings (SSSR count). The molecule has 0 aliphatic heterocycles. The lowest BCUT2D eigenvalue weighted by atomic mass is 9.73. The first-order valence-electron chi connectivity index (χ1n) is 24.9. The van der Waals surface area contributed by atoms with Gasteiger partial charge >= 0.3 is 18.5 Å². The predicted molar refractivity (Wildman–Crippen MR) is 284 cm³/mol. The molecule has 8 nitrogen and oxygen atoms in total. The first-order valence-corrected chi connectivity index (χ1v) is 24.9. The van der Waals surface area contributed by atoms with Gasteiger partial charge in [-0.2, -0.15) is 39.5 Å². The van der Waals surface area contributed by atoms with E-state index in [4.69, 9.17) is 0 Å². The maximum absolute atomic E-state index is 13.8. The van der Waals surface area contributed by atoms with Crippen molar-refractivity contribution in [1.82, 2.24) is 20.2 Å². The quantitative estimate of drug-likeness (QED) is 0.0944. The van der Waals surface area contributed by atoms with Crippen LogP contribution in [-0.2, 0) is 33.1 Å². The molecule has 0 saturated heterocycles. The van der Waals surface area contributed by atoms with Crippen molar-refractivity contribution in [2.75, 3.05) is 18.4 Å². The predicted octanol–water partition coefficient (Wildman–Crippen LogP) is 14.6. The van der Waals surface area contributed by atoms with E-state index >= 15 is 0 Å². The van der Waals surface area contributed by atoms with Crippen molar-refractivity contribution < 1.29 is 53.9 Å². The van der Waals surface area contributed by atoms with Gasteiger partial charge in [0.25, 0.3) is 5.91 Å². The summed E-state index contributed by atoms with van der Waals surface area (Å²) in [6.45, 7) is -0.344. The fraction of sp³-hybridized carbons (Fsp3) is 0.233. The molecular weight excluding hydrogens is 1050 g/mol. The lowest BCUT2D eigenvalue weighted by molar-refractivity contribution is -0.141. The van der Waals surface area contributed by atoms with E-state index in [-0.39, 0.29) is 24.4 Å². The number of unbranched alkanes of at least 4 members (excludes halogenated alkanes) is 1. The average Bonchev–Trinajstić information content (AvgIpc) is 4.24. The number of amides is 3. The standard InChI is InChI=1S/C40H30F6N4O2.C20H20F3NO.ClH/c41-39(42,43)23-47-37(52)38(32-12-5-3-9-29(32)30-10-4-6-13-33(30)38)20-7-21-50-24-48-34-22-27(18-19-35(34)50)49-36(51)31-11-2-1-8-28(31)25-14-16-26(17-15-25)40(44,45)46;1-2-3-12-19(18(25)24-13-20(21,22)23)16-10-6-4-8-14(16)15-9-5-7-11-17(15)19;/h1-6,8-19,22,24H,7,20-21,23H2,(H,47,52)(H,49,51);4-11H,2-3,12-13H2,1H3,(H,24,25);1H. The van der Waals surface area contributed by atoms with Crippen LogP contribution < -0.4 is 16.0 Å². The molecule has 0 atom stereocenters. The molecule has 3 amide bonds. The second-order valence-corrected chi connectivity index (χ2v) is 19.0. The number of aromatic nitrogens is 2. The molecule has 7 aromatic carbocycles. The van der Waals surface area contributed by atoms with Crippen LogP contribution in [0.4, 0.5) is 45.2 Å². The van der Waals surface area contributed by atoms with Gasteiger partial charge in [0.1, 0.15) is 23.9 Å². The molecular formula is C60H51ClF9N5O3. The highest BCUT2D eigenvalue weighted by Crippen LogP contribution is 2.53. The molecule has 0 saturated carbocycles. The number of hydrogen-bond acceptors (Lipinski definition) is 4. The Balaban J connectivity index is 0.000000259. The SMILES string of the molecule is CCCCC1(C(=O)NCC(F)(F)F)c2ccccc2-c2ccccc21.Cl.O=C(Nc1ccc2c(c1)ncn2CCCC1(C(=O)NCC(F)(F)F)c2ccccc2-c2ccccc21)c1ccccc1-c1ccc(C(F)(F)F)cc1. The second kappa shape index (κ2) is 22.6. The Morgan fingerprint density at radius 3 is 1.42 bits per heavy atom. The van der Waals surface area contributed by atoms with E-state index in [1.54, 1.807) is 73.1 Å². The van der Waals surface area contributed by atoms with Gasteiger partial charge in [0.2, 0.25) is 11.8 Å². The lowest BCUT2D eigenvalue weighted by Gasteiger charge is -2.31. The van der Waals surface area contributed by atoms with Gasteiger partial charge in [-0.3, -0.25) is 14.4 Å². The van der Waals surface area contributed by atoms with Crippen LogP contribution >= 0.6 is 12.4 Å². The number of carbonyl (C=O) groups excluding carboxylic acids is 3. The smallest absolute Gasteiger partial charge is 0.346 e. The zero-order valence-electron chi connectivity index (χ0n) is 41.8. The van der Waals surface area contributed by atoms with Gasteiger partial charge in [-0.1, -0.05) is 147 Å². The third-order valence-corrected chi connectivity index (χ3v) is 14.2. The van der Waals surface area contributed by atoms with Gasteiger partial charge in [0.05, 0.1) is 22.9 Å². The van der Waals surface area contributed by atoms with E-state index in [9.17, 15) is 53.9 Å². The molecule has 2 aliphatic rings. The molecule has 0 unspecified atom stereocenters. The molecule has 404 valence electrons. The van der Waals surface area contributed by atoms with Gasteiger partial charge in [0.15, 0.2) is 0 Å². The number of alkyl halides is 9. The van der Waals surface area contributed by atoms with Crippen LogP contribution in [0.1, 0.15) is 77.2 Å². The van der Waals surface area contributed by atoms with Crippen molar-refractivity contribution >= 4 is 46.8 Å². The molecule has 8 aromatic rings. The molecule has 1 aromatic heterocycles. The first kappa shape index (κ1) is 56.3. The molecule has 0 fully saturated rings. The summed E-state index contributed by atoms with van der Waals surface area (Å²) in [6.07, 6.45) is -9.10. The fourth-order valence-electron chi connectivity index (χ4n) is 10.8. The largest absolute Gasteiger partial charge is 0.416 e. The number of anilines is 1. The highest BCUT2D eigenvalue weighted by Gasteiger charge is 2.50. The third-order valence-electron chi connectivity index (χ3n) is 14.2. The van der Waals surface area contributed by atoms with Crippen molar-refractivity contribution in [3.05, 3.63) is 203 Å². The number of hydrogen-bond donors (Lipinski definition) is 3. The van der Waals surface area contributed by atoms with Crippen molar-refractivity contribution in [2.24, 2.45) is 0 Å². The van der Waals surface area contributed by atoms with Crippen molar-refractivity contribution in [1.29, 1.82) is 0 Å². The monoisotopic (exact) mass is 1100 g/mol. The Kier molecular flexibility index (Phi) is 16.3. The Morgan fingerprint density at radius 2 is 0.974 bits per heavy atom. The highest BCUT2D eigenvalue weighted by atomic mass is 35.5. The number of nitrogens with zero attached hydrogens (tertiary/aromatic N) is 2. The van der Waals surface area contributed by atoms with E-state index in [0.29, 0.717) is 52.8 Å². The molecule has 0 radical (unpaired) electrons. The molecule has 2 aliphatic carbocycles. The van der Waals surface area contributed by atoms with E-state index in [2.05, 4.69) is 20.9 Å². The van der Waals surface area contributed by atoms with E-state index in [1.807, 2.05) is 84.3 Å². The maximum atomic E-state index is 13.8. The summed E-state index contributed by atoms with van der Waals surface area (Å²) in [5.74, 6) is -1.74. The number of imidazole rings is 1. The molecule has 78 heavy (non-hydrogen) atoms. The van der Waals surface area contributed by atoms with Crippen LogP contribution in [0.15, 0.2) is 170 Å². The number of rotatable bonds is 14. The summed E-state index contributed by atoms with van der Waals surface area (Å²) >= 11 is 0. The Labute approximate surface area is 449 Å². The summed E-state index contributed by atoms with van der Waals surface area (Å²) in [6, 6.07) is 46.0. The first-order chi connectivity index (χ1) is 36.7. The molecule has 18 heteroatoms. The minimum absolute atomic E-state index is 0. The summed E-state index contributed by atoms with van der Waals surface area (Å²) in [5, 5.41) is 7.14. The van der Waals surface area contributed by atoms with Crippen LogP contribution in [0.25, 0.3) is 44.4 Å². The highest BCUT2D eigenvalue weighted by molar-refractivity contribution is 6.09. The zero-order chi connectivity index (χ0) is 54.8. The average molecular weight is 1100 g/mol. The van der Waals surface area contributed by atoms with Crippen LogP contribution in [-0.4, -0.2) is 52.7 Å². The zero-order valence-corrected chi connectivity index (χ0v) is 42.6. The lowest BCUT2D eigenvalue weighted by Crippen LogP contribution is -2.47. The van der Waals surface area contributed by atoms with E-state index in [1.165, 1.54) is 12.1 Å². The number of nitrogens with one attached hydrogen (secondary N) is 3. The number of aryl methyl sites for hydroxylation is 1. The number of fused-ring (bicyclic) bond motifs is 7. The van der Waals surface area contributed by atoms with Crippen LogP contribution in [0.5, 0.6) is 0 Å². The van der Waals surface area contributed by atoms with E-state index in [0.717, 1.165) is 63.9 Å². The number of halogens is 10. The van der Waals surface area contributed by atoms with Crippen molar-refractivity contribution in [2.45, 2.75) is 74.9 Å². The number of carbonyl (C=O) groups is 3. The molecule has 0 bridgehead atoms. The second-order valence-electron chi connectivity index (χ2n) is 19.0. The van der Waals surface area contributed by atoms with E-state index < -0.39 is 65.7 Å². The van der Waals surface area contributed by atoms with Crippen LogP contribution in [0, 0.1) is 0 Å². The summed E-state index contributed by atoms with van der Waals surface area (Å²) in [7, 11) is 0. The third kappa shape index (κ3) is 11.2. The normalized spacial score (nSPS) is 13.7. The van der Waals surface area contributed by atoms with Gasteiger partial charge in [-0.25, -0.2) is 4.98 Å². The minimum atomic E-state index is -4.57. The molecule has 0 spiro atoms. The summed E-state index contributed by atoms with van der Waals surface area (Å²) in [5.41, 5.74) is 6.17. The maximum Gasteiger partial charge on any atom is 0.416 e. The Morgan fingerprint density at radius 1 is 0.538 bits per heavy atom. The van der Waals surface area contributed by atoms with Crippen molar-refractivity contribution in [3.63, 3.8) is 0 Å². The van der Waals surface area contributed by atoms with Gasteiger partial charge < -0.3 is 20.5 Å². The topological polar surface area (TPSA) is 105 Å². The number of benzene rings is 7. The summed E-state index contributed by atoms with van der Waals surface area (Å²) in [4.78, 5) is 44.7. The van der Waals surface area contributed by atoms with Crippen LogP contribution in [0.2, 0.25) is 0 Å². The summed E-state index contributed by atoms with van der Waals surface area (Å²) < 4.78 is 119. The molecule has 1 heterocycles. The fourth-order valence-corrected chi connectivity index (χ4v) is 10.8. The minimum Gasteiger partial charge on any atom is -0.346 e. The Bertz CT molecular complexity index is 3390. The van der Waals surface area contributed by atoms with Crippen LogP contribution in [0.3, 0.4) is 0 Å².